The number of sulfone groups is 1. The molecule has 0 aromatic heterocycles. The number of rotatable bonds is 10. The molecule has 2 N–H and O–H groups in total. The number of hydrogen-bond donors (Lipinski definition) is 2. The van der Waals surface area contributed by atoms with E-state index in [0.717, 1.165) is 34.1 Å². The fourth-order valence-corrected chi connectivity index (χ4v) is 5.87. The summed E-state index contributed by atoms with van der Waals surface area (Å²) in [5.41, 5.74) is 5.34. The first-order chi connectivity index (χ1) is 17.2. The van der Waals surface area contributed by atoms with Crippen molar-refractivity contribution in [1.82, 2.24) is 5.32 Å². The van der Waals surface area contributed by atoms with Crippen LogP contribution in [-0.4, -0.2) is 50.2 Å². The standard InChI is InChI=1S/C27H27NO6S2/c1-36(32,33)19-12-10-18(11-13-19)17-35-15-14-25(26(29)30)28-27(31)34-16-24-22-8-4-2-6-20(22)21-7-3-5-9-23(21)24/h2-13,24-25H,14-17H2,1H3,(H,28,31)(H,29,30). The van der Waals surface area contributed by atoms with Gasteiger partial charge in [-0.05, 0) is 52.1 Å². The Labute approximate surface area is 214 Å². The number of alkyl carbamates (subject to hydrolysis) is 1. The third-order valence-electron chi connectivity index (χ3n) is 6.10. The zero-order valence-corrected chi connectivity index (χ0v) is 21.3. The molecule has 9 heteroatoms. The van der Waals surface area contributed by atoms with Crippen LogP contribution in [0.1, 0.15) is 29.0 Å². The molecule has 7 nitrogen and oxygen atoms in total. The molecule has 0 bridgehead atoms. The van der Waals surface area contributed by atoms with E-state index in [-0.39, 0.29) is 23.8 Å². The number of carboxylic acid groups (broad SMARTS) is 1. The highest BCUT2D eigenvalue weighted by Gasteiger charge is 2.29. The number of carboxylic acids is 1. The van der Waals surface area contributed by atoms with Crippen molar-refractivity contribution in [2.75, 3.05) is 18.6 Å². The van der Waals surface area contributed by atoms with Crippen molar-refractivity contribution in [3.63, 3.8) is 0 Å². The van der Waals surface area contributed by atoms with Crippen LogP contribution in [0.2, 0.25) is 0 Å². The summed E-state index contributed by atoms with van der Waals surface area (Å²) in [6, 6.07) is 21.5. The van der Waals surface area contributed by atoms with Crippen molar-refractivity contribution in [1.29, 1.82) is 0 Å². The van der Waals surface area contributed by atoms with Gasteiger partial charge < -0.3 is 15.2 Å². The van der Waals surface area contributed by atoms with Crippen LogP contribution < -0.4 is 5.32 Å². The molecule has 0 radical (unpaired) electrons. The monoisotopic (exact) mass is 525 g/mol. The molecule has 0 saturated heterocycles. The lowest BCUT2D eigenvalue weighted by Gasteiger charge is -2.17. The highest BCUT2D eigenvalue weighted by Crippen LogP contribution is 2.44. The van der Waals surface area contributed by atoms with Crippen LogP contribution in [0.15, 0.2) is 77.7 Å². The molecule has 1 aliphatic rings. The Bertz CT molecular complexity index is 1310. The van der Waals surface area contributed by atoms with E-state index in [4.69, 9.17) is 4.74 Å². The number of ether oxygens (including phenoxy) is 1. The minimum absolute atomic E-state index is 0.101. The summed E-state index contributed by atoms with van der Waals surface area (Å²) in [4.78, 5) is 24.4. The van der Waals surface area contributed by atoms with Crippen molar-refractivity contribution in [2.24, 2.45) is 0 Å². The molecule has 188 valence electrons. The SMILES string of the molecule is CS(=O)(=O)c1ccc(CSCCC(NC(=O)OCC2c3ccccc3-c3ccccc32)C(=O)O)cc1. The van der Waals surface area contributed by atoms with Gasteiger partial charge in [-0.2, -0.15) is 11.8 Å². The first kappa shape index (κ1) is 25.8. The van der Waals surface area contributed by atoms with Crippen LogP contribution in [0.4, 0.5) is 4.79 Å². The Balaban J connectivity index is 1.27. The third-order valence-corrected chi connectivity index (χ3v) is 8.30. The largest absolute Gasteiger partial charge is 0.480 e. The quantitative estimate of drug-likeness (QED) is 0.369. The summed E-state index contributed by atoms with van der Waals surface area (Å²) < 4.78 is 28.6. The topological polar surface area (TPSA) is 110 Å². The van der Waals surface area contributed by atoms with Crippen LogP contribution in [-0.2, 0) is 25.1 Å². The fourth-order valence-electron chi connectivity index (χ4n) is 4.26. The van der Waals surface area contributed by atoms with E-state index < -0.39 is 27.9 Å². The fraction of sp³-hybridized carbons (Fsp3) is 0.259. The van der Waals surface area contributed by atoms with Crippen molar-refractivity contribution in [3.8, 4) is 11.1 Å². The smallest absolute Gasteiger partial charge is 0.407 e. The molecule has 0 saturated carbocycles. The molecule has 0 fully saturated rings. The molecule has 0 aliphatic heterocycles. The summed E-state index contributed by atoms with van der Waals surface area (Å²) in [5.74, 6) is -0.131. The Hall–Kier alpha value is -3.30. The molecule has 1 amide bonds. The average Bonchev–Trinajstić information content (AvgIpc) is 3.18. The second-order valence-corrected chi connectivity index (χ2v) is 11.7. The molecule has 36 heavy (non-hydrogen) atoms. The summed E-state index contributed by atoms with van der Waals surface area (Å²) in [7, 11) is -3.24. The molecule has 1 atom stereocenters. The summed E-state index contributed by atoms with van der Waals surface area (Å²) in [5, 5.41) is 12.0. The number of benzene rings is 3. The van der Waals surface area contributed by atoms with E-state index >= 15 is 0 Å². The second kappa shape index (κ2) is 11.2. The van der Waals surface area contributed by atoms with Gasteiger partial charge in [0.05, 0.1) is 4.90 Å². The summed E-state index contributed by atoms with van der Waals surface area (Å²) in [6.45, 7) is 0.116. The van der Waals surface area contributed by atoms with Crippen LogP contribution in [0.5, 0.6) is 0 Å². The van der Waals surface area contributed by atoms with Gasteiger partial charge in [0.15, 0.2) is 9.84 Å². The van der Waals surface area contributed by atoms with Crippen molar-refractivity contribution >= 4 is 33.7 Å². The van der Waals surface area contributed by atoms with Gasteiger partial charge in [-0.1, -0.05) is 60.7 Å². The first-order valence-electron chi connectivity index (χ1n) is 11.4. The van der Waals surface area contributed by atoms with E-state index in [1.165, 1.54) is 11.8 Å². The highest BCUT2D eigenvalue weighted by molar-refractivity contribution is 7.98. The number of carbonyl (C=O) groups is 2. The Morgan fingerprint density at radius 1 is 0.972 bits per heavy atom. The predicted octanol–water partition coefficient (Wildman–Crippen LogP) is 4.71. The van der Waals surface area contributed by atoms with E-state index in [9.17, 15) is 23.1 Å². The summed E-state index contributed by atoms with van der Waals surface area (Å²) in [6.07, 6.45) is 0.628. The van der Waals surface area contributed by atoms with Gasteiger partial charge in [-0.3, -0.25) is 0 Å². The van der Waals surface area contributed by atoms with Gasteiger partial charge in [0.1, 0.15) is 12.6 Å². The average molecular weight is 526 g/mol. The van der Waals surface area contributed by atoms with Gasteiger partial charge in [0, 0.05) is 17.9 Å². The molecular weight excluding hydrogens is 498 g/mol. The molecule has 3 aromatic rings. The number of carbonyl (C=O) groups excluding carboxylic acids is 1. The van der Waals surface area contributed by atoms with Gasteiger partial charge in [0.2, 0.25) is 0 Å². The maximum absolute atomic E-state index is 12.5. The number of nitrogens with one attached hydrogen (secondary N) is 1. The maximum atomic E-state index is 12.5. The van der Waals surface area contributed by atoms with E-state index in [0.29, 0.717) is 11.5 Å². The zero-order valence-electron chi connectivity index (χ0n) is 19.7. The Morgan fingerprint density at radius 2 is 1.56 bits per heavy atom. The first-order valence-corrected chi connectivity index (χ1v) is 14.5. The number of amides is 1. The normalized spacial score (nSPS) is 13.5. The van der Waals surface area contributed by atoms with Crippen LogP contribution in [0.25, 0.3) is 11.1 Å². The lowest BCUT2D eigenvalue weighted by Crippen LogP contribution is -2.41. The van der Waals surface area contributed by atoms with Crippen molar-refractivity contribution in [3.05, 3.63) is 89.5 Å². The zero-order chi connectivity index (χ0) is 25.7. The van der Waals surface area contributed by atoms with Gasteiger partial charge >= 0.3 is 12.1 Å². The lowest BCUT2D eigenvalue weighted by atomic mass is 9.98. The van der Waals surface area contributed by atoms with Crippen molar-refractivity contribution < 1.29 is 27.9 Å². The highest BCUT2D eigenvalue weighted by atomic mass is 32.2. The van der Waals surface area contributed by atoms with Gasteiger partial charge in [-0.25, -0.2) is 18.0 Å². The second-order valence-electron chi connectivity index (χ2n) is 8.62. The molecule has 1 unspecified atom stereocenters. The molecule has 0 heterocycles. The molecule has 0 spiro atoms. The van der Waals surface area contributed by atoms with E-state index in [2.05, 4.69) is 5.32 Å². The molecule has 1 aliphatic carbocycles. The van der Waals surface area contributed by atoms with Gasteiger partial charge in [0.25, 0.3) is 0 Å². The lowest BCUT2D eigenvalue weighted by molar-refractivity contribution is -0.139. The molecule has 4 rings (SSSR count). The summed E-state index contributed by atoms with van der Waals surface area (Å²) >= 11 is 1.51. The van der Waals surface area contributed by atoms with Crippen molar-refractivity contribution in [2.45, 2.75) is 29.0 Å². The third kappa shape index (κ3) is 6.09. The van der Waals surface area contributed by atoms with Crippen LogP contribution in [0.3, 0.4) is 0 Å². The van der Waals surface area contributed by atoms with Gasteiger partial charge in [-0.15, -0.1) is 0 Å². The minimum atomic E-state index is -3.24. The number of fused-ring (bicyclic) bond motifs is 3. The molecular formula is C27H27NO6S2. The minimum Gasteiger partial charge on any atom is -0.480 e. The number of hydrogen-bond acceptors (Lipinski definition) is 6. The predicted molar refractivity (Wildman–Crippen MR) is 140 cm³/mol. The number of thioether (sulfide) groups is 1. The molecule has 3 aromatic carbocycles. The Kier molecular flexibility index (Phi) is 8.01. The number of aliphatic carboxylic acids is 1. The van der Waals surface area contributed by atoms with Crippen LogP contribution >= 0.6 is 11.8 Å². The van der Waals surface area contributed by atoms with E-state index in [1.54, 1.807) is 24.3 Å². The maximum Gasteiger partial charge on any atom is 0.407 e. The Morgan fingerprint density at radius 3 is 2.11 bits per heavy atom. The van der Waals surface area contributed by atoms with Crippen LogP contribution in [0, 0.1) is 0 Å². The van der Waals surface area contributed by atoms with E-state index in [1.807, 2.05) is 48.5 Å².